The Hall–Kier alpha value is -1.36. The SMILES string of the molecule is Cc1c(Cl)nc2ncnn2c1N1CCCC2CCCC21. The van der Waals surface area contributed by atoms with Crippen molar-refractivity contribution in [2.75, 3.05) is 11.4 Å². The molecule has 1 aliphatic carbocycles. The largest absolute Gasteiger partial charge is 0.353 e. The molecule has 2 unspecified atom stereocenters. The molecule has 0 bridgehead atoms. The number of piperidine rings is 1. The number of hydrogen-bond donors (Lipinski definition) is 0. The Morgan fingerprint density at radius 1 is 1.25 bits per heavy atom. The van der Waals surface area contributed by atoms with E-state index in [0.29, 0.717) is 17.0 Å². The van der Waals surface area contributed by atoms with Crippen molar-refractivity contribution in [3.63, 3.8) is 0 Å². The highest BCUT2D eigenvalue weighted by Gasteiger charge is 2.37. The molecule has 2 aromatic heterocycles. The van der Waals surface area contributed by atoms with Gasteiger partial charge in [-0.15, -0.1) is 0 Å². The van der Waals surface area contributed by atoms with Gasteiger partial charge in [0.05, 0.1) is 0 Å². The summed E-state index contributed by atoms with van der Waals surface area (Å²) in [6.07, 6.45) is 8.14. The van der Waals surface area contributed by atoms with Crippen LogP contribution >= 0.6 is 11.6 Å². The number of rotatable bonds is 1. The molecule has 1 saturated carbocycles. The molecule has 6 heteroatoms. The molecule has 1 saturated heterocycles. The second-order valence-corrected chi connectivity index (χ2v) is 6.28. The first-order chi connectivity index (χ1) is 9.75. The molecule has 106 valence electrons. The van der Waals surface area contributed by atoms with Crippen molar-refractivity contribution < 1.29 is 0 Å². The third-order valence-corrected chi connectivity index (χ3v) is 5.21. The molecule has 2 fully saturated rings. The fourth-order valence-electron chi connectivity index (χ4n) is 3.94. The lowest BCUT2D eigenvalue weighted by molar-refractivity contribution is 0.358. The first-order valence-corrected chi connectivity index (χ1v) is 7.76. The van der Waals surface area contributed by atoms with E-state index in [0.717, 1.165) is 23.8 Å². The average Bonchev–Trinajstić information content (AvgIpc) is 3.08. The first kappa shape index (κ1) is 12.4. The summed E-state index contributed by atoms with van der Waals surface area (Å²) in [5.74, 6) is 2.51. The first-order valence-electron chi connectivity index (χ1n) is 7.38. The van der Waals surface area contributed by atoms with Crippen LogP contribution in [0.3, 0.4) is 0 Å². The van der Waals surface area contributed by atoms with E-state index in [9.17, 15) is 0 Å². The van der Waals surface area contributed by atoms with Crippen LogP contribution in [0.15, 0.2) is 6.33 Å². The minimum Gasteiger partial charge on any atom is -0.353 e. The smallest absolute Gasteiger partial charge is 0.255 e. The van der Waals surface area contributed by atoms with Gasteiger partial charge in [-0.3, -0.25) is 0 Å². The van der Waals surface area contributed by atoms with Crippen molar-refractivity contribution in [2.45, 2.75) is 45.1 Å². The quantitative estimate of drug-likeness (QED) is 0.758. The summed E-state index contributed by atoms with van der Waals surface area (Å²) in [6, 6.07) is 0.633. The standard InChI is InChI=1S/C14H18ClN5/c1-9-12(15)18-14-16-8-17-20(14)13(9)19-7-3-5-10-4-2-6-11(10)19/h8,10-11H,2-7H2,1H3. The van der Waals surface area contributed by atoms with Crippen molar-refractivity contribution in [1.82, 2.24) is 19.6 Å². The molecule has 1 aliphatic heterocycles. The molecular weight excluding hydrogens is 274 g/mol. The monoisotopic (exact) mass is 291 g/mol. The van der Waals surface area contributed by atoms with Gasteiger partial charge in [0.2, 0.25) is 0 Å². The van der Waals surface area contributed by atoms with Gasteiger partial charge in [-0.2, -0.15) is 19.6 Å². The summed E-state index contributed by atoms with van der Waals surface area (Å²) in [5, 5.41) is 4.89. The topological polar surface area (TPSA) is 46.3 Å². The van der Waals surface area contributed by atoms with Gasteiger partial charge in [0, 0.05) is 18.2 Å². The van der Waals surface area contributed by atoms with Crippen molar-refractivity contribution in [1.29, 1.82) is 0 Å². The number of fused-ring (bicyclic) bond motifs is 2. The maximum atomic E-state index is 6.29. The molecule has 3 heterocycles. The lowest BCUT2D eigenvalue weighted by Crippen LogP contribution is -2.44. The van der Waals surface area contributed by atoms with E-state index >= 15 is 0 Å². The fourth-order valence-corrected chi connectivity index (χ4v) is 4.10. The zero-order valence-corrected chi connectivity index (χ0v) is 12.3. The van der Waals surface area contributed by atoms with Gasteiger partial charge in [0.1, 0.15) is 17.3 Å². The number of nitrogens with zero attached hydrogens (tertiary/aromatic N) is 5. The highest BCUT2D eigenvalue weighted by atomic mass is 35.5. The normalized spacial score (nSPS) is 26.2. The van der Waals surface area contributed by atoms with E-state index in [1.807, 2.05) is 11.4 Å². The van der Waals surface area contributed by atoms with Gasteiger partial charge in [-0.05, 0) is 38.5 Å². The van der Waals surface area contributed by atoms with E-state index in [-0.39, 0.29) is 0 Å². The van der Waals surface area contributed by atoms with Gasteiger partial charge in [-0.25, -0.2) is 0 Å². The van der Waals surface area contributed by atoms with Crippen LogP contribution in [0, 0.1) is 12.8 Å². The average molecular weight is 292 g/mol. The molecule has 0 amide bonds. The molecule has 2 aromatic rings. The highest BCUT2D eigenvalue weighted by molar-refractivity contribution is 6.30. The number of anilines is 1. The minimum absolute atomic E-state index is 0.542. The lowest BCUT2D eigenvalue weighted by atomic mass is 9.92. The van der Waals surface area contributed by atoms with Crippen LogP contribution in [-0.2, 0) is 0 Å². The van der Waals surface area contributed by atoms with Crippen molar-refractivity contribution in [3.05, 3.63) is 17.0 Å². The Balaban J connectivity index is 1.88. The van der Waals surface area contributed by atoms with Crippen LogP contribution in [0.5, 0.6) is 0 Å². The third-order valence-electron chi connectivity index (χ3n) is 4.84. The van der Waals surface area contributed by atoms with E-state index in [2.05, 4.69) is 20.0 Å². The maximum Gasteiger partial charge on any atom is 0.255 e. The maximum absolute atomic E-state index is 6.29. The summed E-state index contributed by atoms with van der Waals surface area (Å²) < 4.78 is 1.85. The predicted octanol–water partition coefficient (Wildman–Crippen LogP) is 2.86. The zero-order chi connectivity index (χ0) is 13.7. The molecule has 0 radical (unpaired) electrons. The van der Waals surface area contributed by atoms with Gasteiger partial charge < -0.3 is 4.90 Å². The fraction of sp³-hybridized carbons (Fsp3) is 0.643. The molecule has 0 spiro atoms. The van der Waals surface area contributed by atoms with Crippen molar-refractivity contribution in [2.24, 2.45) is 5.92 Å². The van der Waals surface area contributed by atoms with Gasteiger partial charge >= 0.3 is 0 Å². The summed E-state index contributed by atoms with van der Waals surface area (Å²) in [5.41, 5.74) is 1.01. The van der Waals surface area contributed by atoms with Gasteiger partial charge in [-0.1, -0.05) is 18.0 Å². The molecule has 2 aliphatic rings. The highest BCUT2D eigenvalue weighted by Crippen LogP contribution is 2.40. The summed E-state index contributed by atoms with van der Waals surface area (Å²) in [7, 11) is 0. The third kappa shape index (κ3) is 1.72. The van der Waals surface area contributed by atoms with Crippen molar-refractivity contribution >= 4 is 23.2 Å². The van der Waals surface area contributed by atoms with E-state index in [1.54, 1.807) is 6.33 Å². The summed E-state index contributed by atoms with van der Waals surface area (Å²) >= 11 is 6.29. The molecule has 4 rings (SSSR count). The molecular formula is C14H18ClN5. The number of halogens is 1. The predicted molar refractivity (Wildman–Crippen MR) is 78.2 cm³/mol. The number of aromatic nitrogens is 4. The van der Waals surface area contributed by atoms with E-state index in [1.165, 1.54) is 32.1 Å². The lowest BCUT2D eigenvalue weighted by Gasteiger charge is -2.39. The van der Waals surface area contributed by atoms with Crippen LogP contribution in [0.4, 0.5) is 5.82 Å². The molecule has 0 N–H and O–H groups in total. The van der Waals surface area contributed by atoms with Gasteiger partial charge in [0.25, 0.3) is 5.78 Å². The Kier molecular flexibility index (Phi) is 2.84. The van der Waals surface area contributed by atoms with E-state index in [4.69, 9.17) is 11.6 Å². The second-order valence-electron chi connectivity index (χ2n) is 5.92. The summed E-state index contributed by atoms with van der Waals surface area (Å²) in [6.45, 7) is 3.11. The van der Waals surface area contributed by atoms with Crippen LogP contribution in [0.1, 0.15) is 37.7 Å². The van der Waals surface area contributed by atoms with Crippen LogP contribution in [0.2, 0.25) is 5.15 Å². The van der Waals surface area contributed by atoms with Crippen molar-refractivity contribution in [3.8, 4) is 0 Å². The Bertz CT molecular complexity index is 652. The molecule has 2 atom stereocenters. The second kappa shape index (κ2) is 4.58. The molecule has 5 nitrogen and oxygen atoms in total. The van der Waals surface area contributed by atoms with Crippen LogP contribution in [-0.4, -0.2) is 32.2 Å². The van der Waals surface area contributed by atoms with Gasteiger partial charge in [0.15, 0.2) is 0 Å². The van der Waals surface area contributed by atoms with Crippen LogP contribution in [0.25, 0.3) is 5.78 Å². The zero-order valence-electron chi connectivity index (χ0n) is 11.6. The summed E-state index contributed by atoms with van der Waals surface area (Å²) in [4.78, 5) is 11.0. The Morgan fingerprint density at radius 2 is 2.10 bits per heavy atom. The minimum atomic E-state index is 0.542. The van der Waals surface area contributed by atoms with E-state index < -0.39 is 0 Å². The molecule has 0 aromatic carbocycles. The Labute approximate surface area is 123 Å². The van der Waals surface area contributed by atoms with Crippen LogP contribution < -0.4 is 4.90 Å². The number of hydrogen-bond acceptors (Lipinski definition) is 4. The Morgan fingerprint density at radius 3 is 3.00 bits per heavy atom. The molecule has 20 heavy (non-hydrogen) atoms.